The summed E-state index contributed by atoms with van der Waals surface area (Å²) < 4.78 is 5.70. The first-order chi connectivity index (χ1) is 7.86. The van der Waals surface area contributed by atoms with Gasteiger partial charge in [0.1, 0.15) is 6.33 Å². The summed E-state index contributed by atoms with van der Waals surface area (Å²) in [4.78, 5) is 8.60. The first-order valence-electron chi connectivity index (χ1n) is 5.30. The Kier molecular flexibility index (Phi) is 3.90. The molecule has 3 rings (SSSR count). The zero-order valence-electron chi connectivity index (χ0n) is 9.60. The Labute approximate surface area is 126 Å². The topological polar surface area (TPSA) is 35.0 Å². The number of hydrogen-bond acceptors (Lipinski definition) is 3. The van der Waals surface area contributed by atoms with Gasteiger partial charge >= 0.3 is 0 Å². The molecule has 1 aliphatic rings. The molecule has 0 fully saturated rings. The van der Waals surface area contributed by atoms with Crippen molar-refractivity contribution < 1.29 is 37.4 Å². The molecule has 0 unspecified atom stereocenters. The Morgan fingerprint density at radius 1 is 1.35 bits per heavy atom. The van der Waals surface area contributed by atoms with Crippen molar-refractivity contribution in [3.8, 4) is 17.0 Å². The van der Waals surface area contributed by atoms with Crippen molar-refractivity contribution in [1.82, 2.24) is 9.97 Å². The van der Waals surface area contributed by atoms with E-state index in [-0.39, 0.29) is 32.7 Å². The van der Waals surface area contributed by atoms with Crippen molar-refractivity contribution in [2.45, 2.75) is 13.3 Å². The van der Waals surface area contributed by atoms with Gasteiger partial charge < -0.3 is 4.74 Å². The fraction of sp³-hybridized carbons (Fsp3) is 0.231. The van der Waals surface area contributed by atoms with E-state index in [4.69, 9.17) is 4.74 Å². The van der Waals surface area contributed by atoms with Crippen LogP contribution in [0.5, 0.6) is 5.75 Å². The molecule has 17 heavy (non-hydrogen) atoms. The predicted molar refractivity (Wildman–Crippen MR) is 60.2 cm³/mol. The van der Waals surface area contributed by atoms with Gasteiger partial charge in [0.05, 0.1) is 6.61 Å². The zero-order valence-corrected chi connectivity index (χ0v) is 12.4. The minimum absolute atomic E-state index is 0. The second kappa shape index (κ2) is 5.24. The molecule has 2 heterocycles. The molecule has 3 nitrogen and oxygen atoms in total. The van der Waals surface area contributed by atoms with Crippen LogP contribution in [0.15, 0.2) is 24.5 Å². The molecule has 0 amide bonds. The summed E-state index contributed by atoms with van der Waals surface area (Å²) >= 11 is 0. The Morgan fingerprint density at radius 3 is 3.12 bits per heavy atom. The van der Waals surface area contributed by atoms with Crippen LogP contribution in [0, 0.1) is 13.0 Å². The van der Waals surface area contributed by atoms with Gasteiger partial charge in [0.2, 0.25) is 0 Å². The van der Waals surface area contributed by atoms with Gasteiger partial charge in [-0.3, -0.25) is 0 Å². The van der Waals surface area contributed by atoms with E-state index >= 15 is 0 Å². The third kappa shape index (κ3) is 2.27. The molecular formula is C13H11N2OY-. The number of nitrogens with zero attached hydrogens (tertiary/aromatic N) is 2. The monoisotopic (exact) mass is 300 g/mol. The predicted octanol–water partition coefficient (Wildman–Crippen LogP) is 2.18. The molecule has 4 heteroatoms. The standard InChI is InChI=1S/C13H11N2O.Y/c1-9-10-6-7-16-12-5-3-2-4-11(12)13(10)15-8-14-9;/h3-5,8H,6-7H2,1H3;/q-1;. The molecule has 1 radical (unpaired) electrons. The third-order valence-electron chi connectivity index (χ3n) is 2.85. The van der Waals surface area contributed by atoms with Crippen LogP contribution < -0.4 is 4.74 Å². The van der Waals surface area contributed by atoms with Crippen LogP contribution in [0.2, 0.25) is 0 Å². The number of fused-ring (bicyclic) bond motifs is 3. The number of rotatable bonds is 0. The quantitative estimate of drug-likeness (QED) is 0.700. The van der Waals surface area contributed by atoms with Crippen LogP contribution in [-0.2, 0) is 39.1 Å². The molecule has 0 saturated carbocycles. The molecule has 0 saturated heterocycles. The molecule has 0 spiro atoms. The maximum atomic E-state index is 5.70. The second-order valence-electron chi connectivity index (χ2n) is 3.81. The van der Waals surface area contributed by atoms with E-state index in [1.165, 1.54) is 5.56 Å². The fourth-order valence-corrected chi connectivity index (χ4v) is 2.02. The van der Waals surface area contributed by atoms with Gasteiger partial charge in [0.25, 0.3) is 0 Å². The average molecular weight is 300 g/mol. The molecule has 0 atom stereocenters. The molecule has 83 valence electrons. The third-order valence-corrected chi connectivity index (χ3v) is 2.85. The molecule has 0 N–H and O–H groups in total. The summed E-state index contributed by atoms with van der Waals surface area (Å²) in [6, 6.07) is 8.78. The Hall–Kier alpha value is -0.796. The second-order valence-corrected chi connectivity index (χ2v) is 3.81. The smallest absolute Gasteiger partial charge is 0.115 e. The minimum Gasteiger partial charge on any atom is -0.518 e. The molecule has 0 aliphatic carbocycles. The average Bonchev–Trinajstić information content (AvgIpc) is 2.50. The molecule has 1 aromatic heterocycles. The van der Waals surface area contributed by atoms with Gasteiger partial charge in [-0.15, -0.1) is 6.07 Å². The maximum absolute atomic E-state index is 5.70. The van der Waals surface area contributed by atoms with Gasteiger partial charge in [0, 0.05) is 56.3 Å². The van der Waals surface area contributed by atoms with Gasteiger partial charge in [-0.2, -0.15) is 18.2 Å². The van der Waals surface area contributed by atoms with E-state index in [0.29, 0.717) is 6.61 Å². The van der Waals surface area contributed by atoms with E-state index in [1.54, 1.807) is 6.33 Å². The van der Waals surface area contributed by atoms with Gasteiger partial charge in [-0.1, -0.05) is 5.56 Å². The van der Waals surface area contributed by atoms with Crippen molar-refractivity contribution in [2.24, 2.45) is 0 Å². The van der Waals surface area contributed by atoms with Crippen molar-refractivity contribution in [3.05, 3.63) is 41.9 Å². The maximum Gasteiger partial charge on any atom is 0.115 e. The van der Waals surface area contributed by atoms with Crippen molar-refractivity contribution in [3.63, 3.8) is 0 Å². The fourth-order valence-electron chi connectivity index (χ4n) is 2.02. The van der Waals surface area contributed by atoms with E-state index in [0.717, 1.165) is 29.1 Å². The van der Waals surface area contributed by atoms with Gasteiger partial charge in [-0.05, 0) is 12.5 Å². The molecule has 1 aromatic carbocycles. The minimum atomic E-state index is 0. The Morgan fingerprint density at radius 2 is 2.24 bits per heavy atom. The first-order valence-corrected chi connectivity index (χ1v) is 5.30. The van der Waals surface area contributed by atoms with Crippen LogP contribution in [0.1, 0.15) is 11.3 Å². The Bertz CT molecular complexity index is 543. The zero-order chi connectivity index (χ0) is 11.0. The van der Waals surface area contributed by atoms with Crippen molar-refractivity contribution >= 4 is 0 Å². The van der Waals surface area contributed by atoms with Crippen molar-refractivity contribution in [1.29, 1.82) is 0 Å². The number of aryl methyl sites for hydroxylation is 1. The van der Waals surface area contributed by atoms with Gasteiger partial charge in [-0.25, -0.2) is 9.97 Å². The van der Waals surface area contributed by atoms with Crippen molar-refractivity contribution in [2.75, 3.05) is 6.61 Å². The summed E-state index contributed by atoms with van der Waals surface area (Å²) in [6.07, 6.45) is 2.47. The summed E-state index contributed by atoms with van der Waals surface area (Å²) in [5, 5.41) is 0. The summed E-state index contributed by atoms with van der Waals surface area (Å²) in [7, 11) is 0. The molecular weight excluding hydrogens is 289 g/mol. The van der Waals surface area contributed by atoms with E-state index in [9.17, 15) is 0 Å². The number of aromatic nitrogens is 2. The Balaban J connectivity index is 0.00000108. The van der Waals surface area contributed by atoms with Crippen LogP contribution >= 0.6 is 0 Å². The summed E-state index contributed by atoms with van der Waals surface area (Å²) in [5.41, 5.74) is 4.21. The summed E-state index contributed by atoms with van der Waals surface area (Å²) in [5.74, 6) is 0.885. The number of hydrogen-bond donors (Lipinski definition) is 0. The molecule has 2 aromatic rings. The molecule has 1 aliphatic heterocycles. The summed E-state index contributed by atoms with van der Waals surface area (Å²) in [6.45, 7) is 2.69. The largest absolute Gasteiger partial charge is 0.518 e. The normalized spacial score (nSPS) is 12.5. The number of ether oxygens (including phenoxy) is 1. The SMILES string of the molecule is Cc1ncnc2c1CCOc1cc[c-]cc1-2.[Y]. The van der Waals surface area contributed by atoms with E-state index in [1.807, 2.05) is 25.1 Å². The van der Waals surface area contributed by atoms with Crippen LogP contribution in [0.25, 0.3) is 11.3 Å². The van der Waals surface area contributed by atoms with Gasteiger partial charge in [0.15, 0.2) is 0 Å². The van der Waals surface area contributed by atoms with E-state index in [2.05, 4.69) is 16.0 Å². The first kappa shape index (κ1) is 12.7. The van der Waals surface area contributed by atoms with Crippen LogP contribution in [0.3, 0.4) is 0 Å². The number of benzene rings is 1. The van der Waals surface area contributed by atoms with E-state index < -0.39 is 0 Å². The van der Waals surface area contributed by atoms with Crippen LogP contribution in [0.4, 0.5) is 0 Å². The van der Waals surface area contributed by atoms with Crippen LogP contribution in [-0.4, -0.2) is 16.6 Å². The molecule has 0 bridgehead atoms.